The van der Waals surface area contributed by atoms with E-state index in [-0.39, 0.29) is 5.15 Å². The zero-order valence-corrected chi connectivity index (χ0v) is 8.93. The van der Waals surface area contributed by atoms with Crippen molar-refractivity contribution in [3.05, 3.63) is 16.5 Å². The van der Waals surface area contributed by atoms with Crippen molar-refractivity contribution < 1.29 is 4.79 Å². The molecular weight excluding hydrogens is 202 g/mol. The molecule has 5 heteroatoms. The van der Waals surface area contributed by atoms with Crippen molar-refractivity contribution in [1.29, 1.82) is 0 Å². The number of halogens is 1. The molecule has 0 fully saturated rings. The van der Waals surface area contributed by atoms with E-state index in [2.05, 4.69) is 15.3 Å². The number of aromatic nitrogens is 2. The standard InChI is InChI=1S/C9H12ClN3O/c1-3-4-11-9-7(5-14)8(10)12-6(2)13-9/h5H,3-4H2,1-2H3,(H,11,12,13). The Morgan fingerprint density at radius 2 is 2.21 bits per heavy atom. The third-order valence-corrected chi connectivity index (χ3v) is 1.96. The van der Waals surface area contributed by atoms with E-state index in [0.29, 0.717) is 23.5 Å². The predicted molar refractivity (Wildman–Crippen MR) is 55.9 cm³/mol. The first-order chi connectivity index (χ1) is 6.69. The second-order valence-corrected chi connectivity index (χ2v) is 3.23. The number of nitrogens with one attached hydrogen (secondary N) is 1. The maximum atomic E-state index is 10.7. The molecular formula is C9H12ClN3O. The quantitative estimate of drug-likeness (QED) is 0.615. The highest BCUT2D eigenvalue weighted by Crippen LogP contribution is 2.18. The summed E-state index contributed by atoms with van der Waals surface area (Å²) in [7, 11) is 0. The molecule has 0 aromatic carbocycles. The van der Waals surface area contributed by atoms with Crippen molar-refractivity contribution >= 4 is 23.7 Å². The molecule has 0 aliphatic carbocycles. The summed E-state index contributed by atoms with van der Waals surface area (Å²) >= 11 is 5.79. The molecule has 0 unspecified atom stereocenters. The van der Waals surface area contributed by atoms with Gasteiger partial charge in [0.05, 0.1) is 5.56 Å². The summed E-state index contributed by atoms with van der Waals surface area (Å²) in [5.74, 6) is 1.07. The van der Waals surface area contributed by atoms with Crippen LogP contribution in [0.25, 0.3) is 0 Å². The maximum absolute atomic E-state index is 10.7. The van der Waals surface area contributed by atoms with Crippen LogP contribution in [0.15, 0.2) is 0 Å². The molecule has 1 rings (SSSR count). The number of carbonyl (C=O) groups is 1. The molecule has 0 aliphatic rings. The van der Waals surface area contributed by atoms with Gasteiger partial charge in [0.1, 0.15) is 16.8 Å². The van der Waals surface area contributed by atoms with Crippen LogP contribution in [-0.4, -0.2) is 22.8 Å². The zero-order chi connectivity index (χ0) is 10.6. The SMILES string of the molecule is CCCNc1nc(C)nc(Cl)c1C=O. The van der Waals surface area contributed by atoms with Crippen LogP contribution in [0.3, 0.4) is 0 Å². The number of carbonyl (C=O) groups excluding carboxylic acids is 1. The van der Waals surface area contributed by atoms with Crippen molar-refractivity contribution in [2.24, 2.45) is 0 Å². The molecule has 76 valence electrons. The Labute approximate surface area is 87.7 Å². The van der Waals surface area contributed by atoms with Crippen LogP contribution in [0.1, 0.15) is 29.5 Å². The van der Waals surface area contributed by atoms with Crippen LogP contribution in [0, 0.1) is 6.92 Å². The average molecular weight is 214 g/mol. The molecule has 0 aliphatic heterocycles. The summed E-state index contributed by atoms with van der Waals surface area (Å²) < 4.78 is 0. The second kappa shape index (κ2) is 4.91. The molecule has 4 nitrogen and oxygen atoms in total. The number of aryl methyl sites for hydroxylation is 1. The van der Waals surface area contributed by atoms with Gasteiger partial charge in [0.25, 0.3) is 0 Å². The molecule has 0 saturated heterocycles. The first-order valence-electron chi connectivity index (χ1n) is 4.42. The van der Waals surface area contributed by atoms with E-state index in [1.165, 1.54) is 0 Å². The van der Waals surface area contributed by atoms with Gasteiger partial charge < -0.3 is 5.32 Å². The van der Waals surface area contributed by atoms with Gasteiger partial charge in [-0.15, -0.1) is 0 Å². The van der Waals surface area contributed by atoms with Gasteiger partial charge in [-0.05, 0) is 13.3 Å². The largest absolute Gasteiger partial charge is 0.369 e. The van der Waals surface area contributed by atoms with E-state index in [1.807, 2.05) is 6.92 Å². The van der Waals surface area contributed by atoms with E-state index in [9.17, 15) is 4.79 Å². The van der Waals surface area contributed by atoms with Crippen molar-refractivity contribution in [3.63, 3.8) is 0 Å². The van der Waals surface area contributed by atoms with Gasteiger partial charge in [-0.2, -0.15) is 0 Å². The van der Waals surface area contributed by atoms with Crippen molar-refractivity contribution in [1.82, 2.24) is 9.97 Å². The molecule has 1 aromatic rings. The van der Waals surface area contributed by atoms with Gasteiger partial charge >= 0.3 is 0 Å². The van der Waals surface area contributed by atoms with Gasteiger partial charge in [-0.3, -0.25) is 4.79 Å². The lowest BCUT2D eigenvalue weighted by molar-refractivity contribution is 0.112. The summed E-state index contributed by atoms with van der Waals surface area (Å²) in [6.45, 7) is 4.52. The third kappa shape index (κ3) is 2.42. The minimum Gasteiger partial charge on any atom is -0.369 e. The summed E-state index contributed by atoms with van der Waals surface area (Å²) in [6, 6.07) is 0. The summed E-state index contributed by atoms with van der Waals surface area (Å²) in [5, 5.41) is 3.23. The normalized spacial score (nSPS) is 9.93. The van der Waals surface area contributed by atoms with E-state index in [1.54, 1.807) is 6.92 Å². The molecule has 1 N–H and O–H groups in total. The number of rotatable bonds is 4. The summed E-state index contributed by atoms with van der Waals surface area (Å²) in [5.41, 5.74) is 0.325. The molecule has 0 saturated carbocycles. The Hall–Kier alpha value is -1.16. The molecule has 0 radical (unpaired) electrons. The van der Waals surface area contributed by atoms with Gasteiger partial charge in [0, 0.05) is 6.54 Å². The van der Waals surface area contributed by atoms with Crippen LogP contribution in [0.2, 0.25) is 5.15 Å². The van der Waals surface area contributed by atoms with Crippen molar-refractivity contribution in [2.75, 3.05) is 11.9 Å². The molecule has 14 heavy (non-hydrogen) atoms. The van der Waals surface area contributed by atoms with E-state index < -0.39 is 0 Å². The maximum Gasteiger partial charge on any atom is 0.156 e. The lowest BCUT2D eigenvalue weighted by atomic mass is 10.3. The monoisotopic (exact) mass is 213 g/mol. The van der Waals surface area contributed by atoms with Gasteiger partial charge in [-0.1, -0.05) is 18.5 Å². The van der Waals surface area contributed by atoms with Gasteiger partial charge in [0.2, 0.25) is 0 Å². The van der Waals surface area contributed by atoms with Crippen LogP contribution < -0.4 is 5.32 Å². The molecule has 0 bridgehead atoms. The number of hydrogen-bond acceptors (Lipinski definition) is 4. The van der Waals surface area contributed by atoms with Crippen LogP contribution in [-0.2, 0) is 0 Å². The first-order valence-corrected chi connectivity index (χ1v) is 4.80. The third-order valence-electron chi connectivity index (χ3n) is 1.67. The second-order valence-electron chi connectivity index (χ2n) is 2.87. The molecule has 0 atom stereocenters. The Kier molecular flexibility index (Phi) is 3.83. The van der Waals surface area contributed by atoms with E-state index in [4.69, 9.17) is 11.6 Å². The Bertz CT molecular complexity index is 341. The fourth-order valence-electron chi connectivity index (χ4n) is 1.03. The number of hydrogen-bond donors (Lipinski definition) is 1. The van der Waals surface area contributed by atoms with Crippen molar-refractivity contribution in [2.45, 2.75) is 20.3 Å². The summed E-state index contributed by atoms with van der Waals surface area (Å²) in [4.78, 5) is 18.7. The topological polar surface area (TPSA) is 54.9 Å². The lowest BCUT2D eigenvalue weighted by Gasteiger charge is -2.07. The highest BCUT2D eigenvalue weighted by atomic mass is 35.5. The average Bonchev–Trinajstić information content (AvgIpc) is 2.14. The Balaban J connectivity index is 3.05. The highest BCUT2D eigenvalue weighted by Gasteiger charge is 2.09. The Morgan fingerprint density at radius 3 is 2.79 bits per heavy atom. The highest BCUT2D eigenvalue weighted by molar-refractivity contribution is 6.32. The molecule has 1 aromatic heterocycles. The number of aldehydes is 1. The fourth-order valence-corrected chi connectivity index (χ4v) is 1.29. The van der Waals surface area contributed by atoms with Crippen LogP contribution in [0.4, 0.5) is 5.82 Å². The smallest absolute Gasteiger partial charge is 0.156 e. The van der Waals surface area contributed by atoms with E-state index >= 15 is 0 Å². The first kappa shape index (κ1) is 10.9. The Morgan fingerprint density at radius 1 is 1.50 bits per heavy atom. The van der Waals surface area contributed by atoms with Crippen LogP contribution in [0.5, 0.6) is 0 Å². The minimum absolute atomic E-state index is 0.200. The fraction of sp³-hybridized carbons (Fsp3) is 0.444. The molecule has 0 spiro atoms. The molecule has 1 heterocycles. The molecule has 0 amide bonds. The van der Waals surface area contributed by atoms with Gasteiger partial charge in [0.15, 0.2) is 6.29 Å². The number of nitrogens with zero attached hydrogens (tertiary/aromatic N) is 2. The van der Waals surface area contributed by atoms with Crippen molar-refractivity contribution in [3.8, 4) is 0 Å². The van der Waals surface area contributed by atoms with E-state index in [0.717, 1.165) is 13.0 Å². The minimum atomic E-state index is 0.200. The lowest BCUT2D eigenvalue weighted by Crippen LogP contribution is -2.07. The van der Waals surface area contributed by atoms with Crippen LogP contribution >= 0.6 is 11.6 Å². The zero-order valence-electron chi connectivity index (χ0n) is 8.17. The van der Waals surface area contributed by atoms with Gasteiger partial charge in [-0.25, -0.2) is 9.97 Å². The number of anilines is 1. The summed E-state index contributed by atoms with van der Waals surface area (Å²) in [6.07, 6.45) is 1.62. The predicted octanol–water partition coefficient (Wildman–Crippen LogP) is 2.07.